The first kappa shape index (κ1) is 15.3. The molecule has 1 heterocycles. The minimum atomic E-state index is -3.50. The van der Waals surface area contributed by atoms with Crippen LogP contribution < -0.4 is 5.32 Å². The second-order valence-electron chi connectivity index (χ2n) is 5.40. The Labute approximate surface area is 121 Å². The van der Waals surface area contributed by atoms with Gasteiger partial charge in [0.05, 0.1) is 5.69 Å². The van der Waals surface area contributed by atoms with E-state index in [0.717, 1.165) is 25.8 Å². The summed E-state index contributed by atoms with van der Waals surface area (Å²) in [6.07, 6.45) is 6.23. The Balaban J connectivity index is 2.28. The molecule has 1 N–H and O–H groups in total. The summed E-state index contributed by atoms with van der Waals surface area (Å²) in [6.45, 7) is 4.77. The summed E-state index contributed by atoms with van der Waals surface area (Å²) >= 11 is 0. The number of sulfonamides is 1. The maximum atomic E-state index is 12.7. The van der Waals surface area contributed by atoms with Crippen molar-refractivity contribution >= 4 is 15.7 Å². The molecule has 1 aliphatic carbocycles. The molecule has 0 bridgehead atoms. The fourth-order valence-electron chi connectivity index (χ4n) is 2.24. The average Bonchev–Trinajstić information content (AvgIpc) is 3.28. The lowest BCUT2D eigenvalue weighted by molar-refractivity contribution is 0.357. The lowest BCUT2D eigenvalue weighted by atomic mass is 10.2. The van der Waals surface area contributed by atoms with Crippen LogP contribution in [-0.2, 0) is 10.0 Å². The van der Waals surface area contributed by atoms with Crippen LogP contribution in [0, 0.1) is 5.92 Å². The first-order chi connectivity index (χ1) is 9.48. The standard InChI is InChI=1S/C14H23N3O2S/c1-4-8-16-13-7-9-15-10-14(13)20(18,19)17(3)11(2)12-5-6-12/h7,9-12H,4-6,8H2,1-3H3,(H,15,16). The molecule has 5 nitrogen and oxygen atoms in total. The van der Waals surface area contributed by atoms with E-state index in [4.69, 9.17) is 0 Å². The lowest BCUT2D eigenvalue weighted by Gasteiger charge is -2.25. The number of pyridine rings is 1. The van der Waals surface area contributed by atoms with Gasteiger partial charge in [-0.05, 0) is 38.2 Å². The Morgan fingerprint density at radius 3 is 2.80 bits per heavy atom. The molecule has 1 aromatic rings. The minimum absolute atomic E-state index is 0.0410. The normalized spacial score (nSPS) is 17.2. The summed E-state index contributed by atoms with van der Waals surface area (Å²) in [5.74, 6) is 0.499. The monoisotopic (exact) mass is 297 g/mol. The zero-order valence-corrected chi connectivity index (χ0v) is 13.2. The van der Waals surface area contributed by atoms with Crippen molar-refractivity contribution in [2.45, 2.75) is 44.0 Å². The Kier molecular flexibility index (Phi) is 4.65. The van der Waals surface area contributed by atoms with Gasteiger partial charge in [-0.3, -0.25) is 4.98 Å². The smallest absolute Gasteiger partial charge is 0.246 e. The molecule has 1 unspecified atom stereocenters. The molecule has 1 fully saturated rings. The number of hydrogen-bond donors (Lipinski definition) is 1. The van der Waals surface area contributed by atoms with Gasteiger partial charge < -0.3 is 5.32 Å². The van der Waals surface area contributed by atoms with E-state index in [1.54, 1.807) is 19.3 Å². The second kappa shape index (κ2) is 6.10. The molecular formula is C14H23N3O2S. The van der Waals surface area contributed by atoms with Gasteiger partial charge in [-0.15, -0.1) is 0 Å². The maximum absolute atomic E-state index is 12.7. The van der Waals surface area contributed by atoms with Crippen LogP contribution in [0.4, 0.5) is 5.69 Å². The molecule has 0 radical (unpaired) electrons. The van der Waals surface area contributed by atoms with Crippen molar-refractivity contribution in [2.75, 3.05) is 18.9 Å². The molecule has 0 spiro atoms. The first-order valence-corrected chi connectivity index (χ1v) is 8.58. The van der Waals surface area contributed by atoms with E-state index in [-0.39, 0.29) is 10.9 Å². The highest BCUT2D eigenvalue weighted by molar-refractivity contribution is 7.89. The molecule has 0 aliphatic heterocycles. The van der Waals surface area contributed by atoms with Crippen LogP contribution in [0.3, 0.4) is 0 Å². The molecule has 20 heavy (non-hydrogen) atoms. The largest absolute Gasteiger partial charge is 0.384 e. The third kappa shape index (κ3) is 3.12. The van der Waals surface area contributed by atoms with Gasteiger partial charge >= 0.3 is 0 Å². The molecule has 1 aromatic heterocycles. The molecule has 2 rings (SSSR count). The Morgan fingerprint density at radius 1 is 1.50 bits per heavy atom. The van der Waals surface area contributed by atoms with Gasteiger partial charge in [0.1, 0.15) is 4.90 Å². The molecule has 1 atom stereocenters. The van der Waals surface area contributed by atoms with E-state index in [9.17, 15) is 8.42 Å². The predicted molar refractivity (Wildman–Crippen MR) is 80.2 cm³/mol. The number of anilines is 1. The van der Waals surface area contributed by atoms with Crippen LogP contribution in [0.15, 0.2) is 23.4 Å². The fourth-order valence-corrected chi connectivity index (χ4v) is 3.77. The molecule has 0 saturated heterocycles. The topological polar surface area (TPSA) is 62.3 Å². The van der Waals surface area contributed by atoms with E-state index >= 15 is 0 Å². The molecule has 1 aliphatic rings. The molecule has 112 valence electrons. The van der Waals surface area contributed by atoms with Gasteiger partial charge in [0.25, 0.3) is 0 Å². The Hall–Kier alpha value is -1.14. The third-order valence-electron chi connectivity index (χ3n) is 3.88. The Bertz CT molecular complexity index is 555. The number of nitrogens with one attached hydrogen (secondary N) is 1. The van der Waals surface area contributed by atoms with Crippen LogP contribution in [0.5, 0.6) is 0 Å². The highest BCUT2D eigenvalue weighted by atomic mass is 32.2. The van der Waals surface area contributed by atoms with Gasteiger partial charge in [-0.1, -0.05) is 6.92 Å². The van der Waals surface area contributed by atoms with Crippen molar-refractivity contribution in [1.82, 2.24) is 9.29 Å². The van der Waals surface area contributed by atoms with Crippen LogP contribution >= 0.6 is 0 Å². The summed E-state index contributed by atoms with van der Waals surface area (Å²) < 4.78 is 27.0. The minimum Gasteiger partial charge on any atom is -0.384 e. The number of aromatic nitrogens is 1. The summed E-state index contributed by atoms with van der Waals surface area (Å²) in [6, 6.07) is 1.76. The van der Waals surface area contributed by atoms with Crippen LogP contribution in [0.1, 0.15) is 33.1 Å². The van der Waals surface area contributed by atoms with E-state index in [2.05, 4.69) is 10.3 Å². The SMILES string of the molecule is CCCNc1ccncc1S(=O)(=O)N(C)C(C)C1CC1. The van der Waals surface area contributed by atoms with Gasteiger partial charge in [0, 0.05) is 32.0 Å². The quantitative estimate of drug-likeness (QED) is 0.839. The highest BCUT2D eigenvalue weighted by Gasteiger charge is 2.36. The van der Waals surface area contributed by atoms with Crippen molar-refractivity contribution in [1.29, 1.82) is 0 Å². The van der Waals surface area contributed by atoms with Crippen molar-refractivity contribution in [2.24, 2.45) is 5.92 Å². The van der Waals surface area contributed by atoms with Gasteiger partial charge in [0.2, 0.25) is 10.0 Å². The number of hydrogen-bond acceptors (Lipinski definition) is 4. The molecular weight excluding hydrogens is 274 g/mol. The van der Waals surface area contributed by atoms with Crippen LogP contribution in [-0.4, -0.2) is 37.3 Å². The van der Waals surface area contributed by atoms with Crippen molar-refractivity contribution in [3.05, 3.63) is 18.5 Å². The van der Waals surface area contributed by atoms with Crippen molar-refractivity contribution in [3.8, 4) is 0 Å². The summed E-state index contributed by atoms with van der Waals surface area (Å²) in [7, 11) is -1.83. The van der Waals surface area contributed by atoms with Gasteiger partial charge in [-0.25, -0.2) is 8.42 Å². The lowest BCUT2D eigenvalue weighted by Crippen LogP contribution is -2.36. The van der Waals surface area contributed by atoms with Crippen LogP contribution in [0.25, 0.3) is 0 Å². The number of rotatable bonds is 7. The van der Waals surface area contributed by atoms with Crippen molar-refractivity contribution in [3.63, 3.8) is 0 Å². The summed E-state index contributed by atoms with van der Waals surface area (Å²) in [5, 5.41) is 3.16. The Morgan fingerprint density at radius 2 is 2.20 bits per heavy atom. The molecule has 1 saturated carbocycles. The highest BCUT2D eigenvalue weighted by Crippen LogP contribution is 2.37. The second-order valence-corrected chi connectivity index (χ2v) is 7.36. The molecule has 6 heteroatoms. The van der Waals surface area contributed by atoms with Gasteiger partial charge in [-0.2, -0.15) is 4.31 Å². The van der Waals surface area contributed by atoms with E-state index in [1.807, 2.05) is 13.8 Å². The van der Waals surface area contributed by atoms with E-state index in [0.29, 0.717) is 11.6 Å². The summed E-state index contributed by atoms with van der Waals surface area (Å²) in [5.41, 5.74) is 0.636. The zero-order chi connectivity index (χ0) is 14.8. The van der Waals surface area contributed by atoms with Crippen molar-refractivity contribution < 1.29 is 8.42 Å². The predicted octanol–water partition coefficient (Wildman–Crippen LogP) is 2.32. The maximum Gasteiger partial charge on any atom is 0.246 e. The fraction of sp³-hybridized carbons (Fsp3) is 0.643. The summed E-state index contributed by atoms with van der Waals surface area (Å²) in [4.78, 5) is 4.24. The van der Waals surface area contributed by atoms with Gasteiger partial charge in [0.15, 0.2) is 0 Å². The molecule has 0 aromatic carbocycles. The van der Waals surface area contributed by atoms with E-state index < -0.39 is 10.0 Å². The van der Waals surface area contributed by atoms with E-state index in [1.165, 1.54) is 10.5 Å². The molecule has 0 amide bonds. The average molecular weight is 297 g/mol. The third-order valence-corrected chi connectivity index (χ3v) is 5.86. The first-order valence-electron chi connectivity index (χ1n) is 7.14. The van der Waals surface area contributed by atoms with Crippen LogP contribution in [0.2, 0.25) is 0 Å². The number of nitrogens with zero attached hydrogens (tertiary/aromatic N) is 2. The zero-order valence-electron chi connectivity index (χ0n) is 12.3.